The second kappa shape index (κ2) is 3.98. The van der Waals surface area contributed by atoms with E-state index in [9.17, 15) is 17.6 Å². The molecular weight excluding hydrogens is 234 g/mol. The summed E-state index contributed by atoms with van der Waals surface area (Å²) in [5.41, 5.74) is 4.94. The van der Waals surface area contributed by atoms with Crippen molar-refractivity contribution in [3.63, 3.8) is 0 Å². The molecule has 2 N–H and O–H groups in total. The summed E-state index contributed by atoms with van der Waals surface area (Å²) in [4.78, 5) is 0. The van der Waals surface area contributed by atoms with Crippen LogP contribution < -0.4 is 5.73 Å². The fraction of sp³-hybridized carbons (Fsp3) is 0.500. The number of rotatable bonds is 3. The molecule has 0 aromatic heterocycles. The van der Waals surface area contributed by atoms with Crippen LogP contribution in [0.2, 0.25) is 0 Å². The fourth-order valence-electron chi connectivity index (χ4n) is 1.96. The molecule has 0 spiro atoms. The molecule has 1 aromatic rings. The minimum absolute atomic E-state index is 0.00775. The van der Waals surface area contributed by atoms with E-state index in [0.29, 0.717) is 18.5 Å². The van der Waals surface area contributed by atoms with Gasteiger partial charge in [0.05, 0.1) is 5.56 Å². The predicted octanol–water partition coefficient (Wildman–Crippen LogP) is 3.13. The van der Waals surface area contributed by atoms with Crippen molar-refractivity contribution in [3.8, 4) is 0 Å². The molecule has 0 saturated heterocycles. The van der Waals surface area contributed by atoms with Gasteiger partial charge < -0.3 is 5.73 Å². The van der Waals surface area contributed by atoms with Gasteiger partial charge in [-0.15, -0.1) is 0 Å². The lowest BCUT2D eigenvalue weighted by Gasteiger charge is -2.14. The molecule has 2 rings (SSSR count). The van der Waals surface area contributed by atoms with Gasteiger partial charge in [0.1, 0.15) is 5.82 Å². The molecule has 0 amide bonds. The summed E-state index contributed by atoms with van der Waals surface area (Å²) in [5, 5.41) is 0. The van der Waals surface area contributed by atoms with Crippen molar-refractivity contribution in [2.75, 3.05) is 6.54 Å². The summed E-state index contributed by atoms with van der Waals surface area (Å²) in [6.45, 7) is 0.496. The highest BCUT2D eigenvalue weighted by Gasteiger charge is 2.41. The number of hydrogen-bond acceptors (Lipinski definition) is 1. The quantitative estimate of drug-likeness (QED) is 0.816. The van der Waals surface area contributed by atoms with Crippen LogP contribution in [0.25, 0.3) is 0 Å². The molecule has 1 saturated carbocycles. The van der Waals surface area contributed by atoms with Crippen LogP contribution in [-0.2, 0) is 12.6 Å². The minimum atomic E-state index is -4.63. The third-order valence-electron chi connectivity index (χ3n) is 3.31. The van der Waals surface area contributed by atoms with E-state index in [1.165, 1.54) is 6.07 Å². The molecule has 17 heavy (non-hydrogen) atoms. The standard InChI is InChI=1S/C12H13F4N/c13-10-5-8(6-11(7-17)3-4-11)1-2-9(10)12(14,15)16/h1-2,5H,3-4,6-7,17H2. The predicted molar refractivity (Wildman–Crippen MR) is 55.8 cm³/mol. The van der Waals surface area contributed by atoms with Gasteiger partial charge in [0, 0.05) is 0 Å². The Hall–Kier alpha value is -1.10. The van der Waals surface area contributed by atoms with Crippen LogP contribution in [-0.4, -0.2) is 6.54 Å². The van der Waals surface area contributed by atoms with Gasteiger partial charge in [0.2, 0.25) is 0 Å². The Bertz CT molecular complexity index is 421. The lowest BCUT2D eigenvalue weighted by Crippen LogP contribution is -2.18. The van der Waals surface area contributed by atoms with Crippen LogP contribution in [0.1, 0.15) is 24.0 Å². The first-order valence-electron chi connectivity index (χ1n) is 5.42. The molecule has 1 aliphatic carbocycles. The molecule has 0 radical (unpaired) electrons. The summed E-state index contributed by atoms with van der Waals surface area (Å²) in [6, 6.07) is 3.11. The largest absolute Gasteiger partial charge is 0.419 e. The van der Waals surface area contributed by atoms with Gasteiger partial charge in [0.25, 0.3) is 0 Å². The lowest BCUT2D eigenvalue weighted by atomic mass is 9.96. The molecule has 0 atom stereocenters. The first-order valence-corrected chi connectivity index (χ1v) is 5.42. The summed E-state index contributed by atoms with van der Waals surface area (Å²) in [7, 11) is 0. The number of nitrogens with two attached hydrogens (primary N) is 1. The molecule has 94 valence electrons. The van der Waals surface area contributed by atoms with E-state index >= 15 is 0 Å². The maximum Gasteiger partial charge on any atom is 0.419 e. The van der Waals surface area contributed by atoms with Gasteiger partial charge in [0.15, 0.2) is 0 Å². The van der Waals surface area contributed by atoms with Crippen molar-refractivity contribution in [3.05, 3.63) is 35.1 Å². The number of benzene rings is 1. The smallest absolute Gasteiger partial charge is 0.330 e. The maximum absolute atomic E-state index is 13.3. The zero-order valence-corrected chi connectivity index (χ0v) is 9.15. The monoisotopic (exact) mass is 247 g/mol. The van der Waals surface area contributed by atoms with Gasteiger partial charge in [-0.3, -0.25) is 0 Å². The van der Waals surface area contributed by atoms with Gasteiger partial charge in [-0.25, -0.2) is 4.39 Å². The Morgan fingerprint density at radius 1 is 1.24 bits per heavy atom. The average Bonchev–Trinajstić information content (AvgIpc) is 2.96. The Labute approximate surface area is 96.6 Å². The molecule has 1 nitrogen and oxygen atoms in total. The summed E-state index contributed by atoms with van der Waals surface area (Å²) >= 11 is 0. The van der Waals surface area contributed by atoms with Crippen LogP contribution in [0.5, 0.6) is 0 Å². The Morgan fingerprint density at radius 3 is 2.29 bits per heavy atom. The Morgan fingerprint density at radius 2 is 1.88 bits per heavy atom. The van der Waals surface area contributed by atoms with E-state index in [0.717, 1.165) is 25.0 Å². The van der Waals surface area contributed by atoms with Crippen molar-refractivity contribution in [2.45, 2.75) is 25.4 Å². The van der Waals surface area contributed by atoms with Gasteiger partial charge in [-0.05, 0) is 48.9 Å². The highest BCUT2D eigenvalue weighted by Crippen LogP contribution is 2.47. The van der Waals surface area contributed by atoms with Crippen LogP contribution in [0.15, 0.2) is 18.2 Å². The van der Waals surface area contributed by atoms with Gasteiger partial charge in [-0.2, -0.15) is 13.2 Å². The summed E-state index contributed by atoms with van der Waals surface area (Å²) < 4.78 is 50.3. The Balaban J connectivity index is 2.20. The average molecular weight is 247 g/mol. The van der Waals surface area contributed by atoms with Crippen LogP contribution in [0, 0.1) is 11.2 Å². The zero-order chi connectivity index (χ0) is 12.7. The minimum Gasteiger partial charge on any atom is -0.330 e. The van der Waals surface area contributed by atoms with Crippen molar-refractivity contribution in [2.24, 2.45) is 11.1 Å². The van der Waals surface area contributed by atoms with Crippen LogP contribution in [0.4, 0.5) is 17.6 Å². The van der Waals surface area contributed by atoms with E-state index in [1.54, 1.807) is 0 Å². The third-order valence-corrected chi connectivity index (χ3v) is 3.31. The molecule has 0 unspecified atom stereocenters. The van der Waals surface area contributed by atoms with E-state index < -0.39 is 17.6 Å². The summed E-state index contributed by atoms with van der Waals surface area (Å²) in [5.74, 6) is -1.21. The maximum atomic E-state index is 13.3. The number of hydrogen-bond donors (Lipinski definition) is 1. The SMILES string of the molecule is NCC1(Cc2ccc(C(F)(F)F)c(F)c2)CC1. The van der Waals surface area contributed by atoms with Crippen LogP contribution in [0.3, 0.4) is 0 Å². The van der Waals surface area contributed by atoms with E-state index in [-0.39, 0.29) is 5.41 Å². The topological polar surface area (TPSA) is 26.0 Å². The second-order valence-corrected chi connectivity index (χ2v) is 4.69. The first kappa shape index (κ1) is 12.4. The van der Waals surface area contributed by atoms with Crippen molar-refractivity contribution < 1.29 is 17.6 Å². The number of halogens is 4. The molecule has 0 heterocycles. The van der Waals surface area contributed by atoms with Crippen LogP contribution >= 0.6 is 0 Å². The normalized spacial score (nSPS) is 18.2. The van der Waals surface area contributed by atoms with Crippen molar-refractivity contribution in [1.29, 1.82) is 0 Å². The van der Waals surface area contributed by atoms with Gasteiger partial charge >= 0.3 is 6.18 Å². The molecule has 0 bridgehead atoms. The van der Waals surface area contributed by atoms with E-state index in [4.69, 9.17) is 5.73 Å². The molecule has 5 heteroatoms. The van der Waals surface area contributed by atoms with E-state index in [1.807, 2.05) is 0 Å². The van der Waals surface area contributed by atoms with Crippen molar-refractivity contribution >= 4 is 0 Å². The molecular formula is C12H13F4N. The molecule has 0 aliphatic heterocycles. The summed E-state index contributed by atoms with van der Waals surface area (Å²) in [6.07, 6.45) is -2.15. The third kappa shape index (κ3) is 2.60. The Kier molecular flexibility index (Phi) is 2.89. The number of alkyl halides is 3. The highest BCUT2D eigenvalue weighted by molar-refractivity contribution is 5.28. The van der Waals surface area contributed by atoms with E-state index in [2.05, 4.69) is 0 Å². The second-order valence-electron chi connectivity index (χ2n) is 4.69. The molecule has 1 fully saturated rings. The van der Waals surface area contributed by atoms with Gasteiger partial charge in [-0.1, -0.05) is 6.07 Å². The molecule has 1 aromatic carbocycles. The lowest BCUT2D eigenvalue weighted by molar-refractivity contribution is -0.140. The zero-order valence-electron chi connectivity index (χ0n) is 9.15. The highest BCUT2D eigenvalue weighted by atomic mass is 19.4. The van der Waals surface area contributed by atoms with Crippen molar-refractivity contribution in [1.82, 2.24) is 0 Å². The first-order chi connectivity index (χ1) is 7.86. The fourth-order valence-corrected chi connectivity index (χ4v) is 1.96. The molecule has 1 aliphatic rings.